The van der Waals surface area contributed by atoms with Crippen molar-refractivity contribution in [1.82, 2.24) is 4.90 Å². The van der Waals surface area contributed by atoms with Crippen LogP contribution in [-0.2, 0) is 11.2 Å². The quantitative estimate of drug-likeness (QED) is 0.514. The van der Waals surface area contributed by atoms with E-state index < -0.39 is 0 Å². The fourth-order valence-electron chi connectivity index (χ4n) is 3.63. The first-order valence-electron chi connectivity index (χ1n) is 10.6. The van der Waals surface area contributed by atoms with E-state index in [0.29, 0.717) is 24.1 Å². The Balaban J connectivity index is 1.75. The summed E-state index contributed by atoms with van der Waals surface area (Å²) in [6.45, 7) is 6.51. The number of aromatic hydroxyl groups is 1. The summed E-state index contributed by atoms with van der Waals surface area (Å²) in [5.74, 6) is -0.127. The van der Waals surface area contributed by atoms with Crippen LogP contribution >= 0.6 is 0 Å². The SMILES string of the molecule is CC(C)N(CCc1ccc(O)cc1)C(=O)[C@H](C)c1cccc(C(=O)c2ccccc2)c1. The molecule has 0 saturated carbocycles. The lowest BCUT2D eigenvalue weighted by Crippen LogP contribution is -2.40. The zero-order chi connectivity index (χ0) is 22.4. The minimum absolute atomic E-state index is 0.0399. The van der Waals surface area contributed by atoms with Gasteiger partial charge in [-0.05, 0) is 56.5 Å². The number of carbonyl (C=O) groups is 2. The van der Waals surface area contributed by atoms with Crippen molar-refractivity contribution in [2.24, 2.45) is 0 Å². The predicted octanol–water partition coefficient (Wildman–Crippen LogP) is 5.21. The van der Waals surface area contributed by atoms with Gasteiger partial charge in [-0.1, -0.05) is 60.7 Å². The molecule has 4 heteroatoms. The van der Waals surface area contributed by atoms with Crippen molar-refractivity contribution in [2.45, 2.75) is 39.2 Å². The van der Waals surface area contributed by atoms with Gasteiger partial charge >= 0.3 is 0 Å². The maximum Gasteiger partial charge on any atom is 0.230 e. The number of phenolic OH excluding ortho intramolecular Hbond substituents is 1. The number of phenols is 1. The first-order valence-corrected chi connectivity index (χ1v) is 10.6. The predicted molar refractivity (Wildman–Crippen MR) is 123 cm³/mol. The summed E-state index contributed by atoms with van der Waals surface area (Å²) < 4.78 is 0. The number of rotatable bonds is 8. The molecule has 0 radical (unpaired) electrons. The summed E-state index contributed by atoms with van der Waals surface area (Å²) in [4.78, 5) is 28.0. The van der Waals surface area contributed by atoms with E-state index in [1.54, 1.807) is 30.3 Å². The molecule has 0 aromatic heterocycles. The van der Waals surface area contributed by atoms with Gasteiger partial charge in [-0.15, -0.1) is 0 Å². The number of hydrogen-bond acceptors (Lipinski definition) is 3. The van der Waals surface area contributed by atoms with Gasteiger partial charge < -0.3 is 10.0 Å². The van der Waals surface area contributed by atoms with Crippen LogP contribution in [-0.4, -0.2) is 34.3 Å². The number of benzene rings is 3. The normalized spacial score (nSPS) is 11.9. The maximum atomic E-state index is 13.3. The Morgan fingerprint density at radius 1 is 0.839 bits per heavy atom. The van der Waals surface area contributed by atoms with Crippen LogP contribution in [0.15, 0.2) is 78.9 Å². The lowest BCUT2D eigenvalue weighted by atomic mass is 9.94. The Labute approximate surface area is 184 Å². The second kappa shape index (κ2) is 10.1. The third-order valence-corrected chi connectivity index (χ3v) is 5.54. The number of nitrogens with zero attached hydrogens (tertiary/aromatic N) is 1. The van der Waals surface area contributed by atoms with Crippen LogP contribution in [0.5, 0.6) is 5.75 Å². The van der Waals surface area contributed by atoms with Crippen molar-refractivity contribution in [1.29, 1.82) is 0 Å². The molecule has 3 rings (SSSR count). The average Bonchev–Trinajstić information content (AvgIpc) is 2.79. The lowest BCUT2D eigenvalue weighted by Gasteiger charge is -2.30. The molecule has 0 aliphatic heterocycles. The summed E-state index contributed by atoms with van der Waals surface area (Å²) in [6.07, 6.45) is 0.712. The van der Waals surface area contributed by atoms with Gasteiger partial charge in [0, 0.05) is 23.7 Å². The second-order valence-electron chi connectivity index (χ2n) is 8.08. The zero-order valence-corrected chi connectivity index (χ0v) is 18.3. The molecule has 0 unspecified atom stereocenters. The van der Waals surface area contributed by atoms with Crippen LogP contribution in [0.4, 0.5) is 0 Å². The highest BCUT2D eigenvalue weighted by Gasteiger charge is 2.24. The highest BCUT2D eigenvalue weighted by Crippen LogP contribution is 2.22. The second-order valence-corrected chi connectivity index (χ2v) is 8.08. The lowest BCUT2D eigenvalue weighted by molar-refractivity contribution is -0.134. The Morgan fingerprint density at radius 2 is 1.48 bits per heavy atom. The Bertz CT molecular complexity index is 1030. The summed E-state index contributed by atoms with van der Waals surface area (Å²) in [5, 5.41) is 9.46. The Morgan fingerprint density at radius 3 is 2.13 bits per heavy atom. The van der Waals surface area contributed by atoms with Crippen LogP contribution in [0.3, 0.4) is 0 Å². The van der Waals surface area contributed by atoms with E-state index >= 15 is 0 Å². The molecule has 31 heavy (non-hydrogen) atoms. The van der Waals surface area contributed by atoms with Crippen LogP contribution in [0.2, 0.25) is 0 Å². The first kappa shape index (κ1) is 22.3. The van der Waals surface area contributed by atoms with Gasteiger partial charge in [0.25, 0.3) is 0 Å². The minimum atomic E-state index is -0.356. The molecule has 160 valence electrons. The number of carbonyl (C=O) groups excluding carboxylic acids is 2. The molecular weight excluding hydrogens is 386 g/mol. The molecule has 1 N–H and O–H groups in total. The van der Waals surface area contributed by atoms with E-state index in [4.69, 9.17) is 0 Å². The van der Waals surface area contributed by atoms with Gasteiger partial charge in [-0.25, -0.2) is 0 Å². The molecule has 3 aromatic carbocycles. The topological polar surface area (TPSA) is 57.6 Å². The van der Waals surface area contributed by atoms with Gasteiger partial charge in [-0.2, -0.15) is 0 Å². The van der Waals surface area contributed by atoms with Crippen LogP contribution in [0.25, 0.3) is 0 Å². The third kappa shape index (κ3) is 5.60. The smallest absolute Gasteiger partial charge is 0.230 e. The fourth-order valence-corrected chi connectivity index (χ4v) is 3.63. The molecular formula is C27H29NO3. The summed E-state index contributed by atoms with van der Waals surface area (Å²) in [7, 11) is 0. The number of amides is 1. The highest BCUT2D eigenvalue weighted by molar-refractivity contribution is 6.09. The molecule has 0 spiro atoms. The first-order chi connectivity index (χ1) is 14.9. The molecule has 0 bridgehead atoms. The summed E-state index contributed by atoms with van der Waals surface area (Å²) >= 11 is 0. The van der Waals surface area contributed by atoms with E-state index in [1.807, 2.05) is 74.2 Å². The Hall–Kier alpha value is -3.40. The molecule has 0 fully saturated rings. The number of hydrogen-bond donors (Lipinski definition) is 1. The van der Waals surface area contributed by atoms with Gasteiger partial charge in [0.2, 0.25) is 5.91 Å². The summed E-state index contributed by atoms with van der Waals surface area (Å²) in [5.41, 5.74) is 3.13. The van der Waals surface area contributed by atoms with E-state index in [0.717, 1.165) is 11.1 Å². The Kier molecular flexibility index (Phi) is 7.24. The molecule has 0 saturated heterocycles. The van der Waals surface area contributed by atoms with E-state index in [9.17, 15) is 14.7 Å². The van der Waals surface area contributed by atoms with Crippen LogP contribution in [0.1, 0.15) is 53.7 Å². The summed E-state index contributed by atoms with van der Waals surface area (Å²) in [6, 6.07) is 23.7. The molecule has 1 amide bonds. The van der Waals surface area contributed by atoms with E-state index in [2.05, 4.69) is 0 Å². The van der Waals surface area contributed by atoms with Gasteiger partial charge in [0.1, 0.15) is 5.75 Å². The van der Waals surface area contributed by atoms with Crippen molar-refractivity contribution in [3.63, 3.8) is 0 Å². The largest absolute Gasteiger partial charge is 0.508 e. The molecule has 3 aromatic rings. The standard InChI is InChI=1S/C27H29NO3/c1-19(2)28(17-16-21-12-14-25(29)15-13-21)27(31)20(3)23-10-7-11-24(18-23)26(30)22-8-5-4-6-9-22/h4-15,18-20,29H,16-17H2,1-3H3/t20-/m1/s1. The average molecular weight is 416 g/mol. The molecule has 0 aliphatic carbocycles. The monoisotopic (exact) mass is 415 g/mol. The van der Waals surface area contributed by atoms with Crippen molar-refractivity contribution in [2.75, 3.05) is 6.54 Å². The molecule has 1 atom stereocenters. The number of ketones is 1. The van der Waals surface area contributed by atoms with Crippen molar-refractivity contribution < 1.29 is 14.7 Å². The minimum Gasteiger partial charge on any atom is -0.508 e. The highest BCUT2D eigenvalue weighted by atomic mass is 16.3. The molecule has 0 aliphatic rings. The zero-order valence-electron chi connectivity index (χ0n) is 18.3. The van der Waals surface area contributed by atoms with E-state index in [1.165, 1.54) is 0 Å². The van der Waals surface area contributed by atoms with Gasteiger partial charge in [0.05, 0.1) is 5.92 Å². The van der Waals surface area contributed by atoms with Crippen molar-refractivity contribution >= 4 is 11.7 Å². The molecule has 4 nitrogen and oxygen atoms in total. The van der Waals surface area contributed by atoms with Crippen LogP contribution < -0.4 is 0 Å². The van der Waals surface area contributed by atoms with Crippen molar-refractivity contribution in [3.05, 3.63) is 101 Å². The molecule has 0 heterocycles. The van der Waals surface area contributed by atoms with Gasteiger partial charge in [0.15, 0.2) is 5.78 Å². The fraction of sp³-hybridized carbons (Fsp3) is 0.259. The van der Waals surface area contributed by atoms with E-state index in [-0.39, 0.29) is 29.4 Å². The van der Waals surface area contributed by atoms with Gasteiger partial charge in [-0.3, -0.25) is 9.59 Å². The maximum absolute atomic E-state index is 13.3. The third-order valence-electron chi connectivity index (χ3n) is 5.54. The van der Waals surface area contributed by atoms with Crippen LogP contribution in [0, 0.1) is 0 Å². The van der Waals surface area contributed by atoms with Crippen molar-refractivity contribution in [3.8, 4) is 5.75 Å².